The summed E-state index contributed by atoms with van der Waals surface area (Å²) in [4.78, 5) is 16.5. The molecule has 1 saturated carbocycles. The number of likely N-dealkylation sites (tertiary alicyclic amines) is 1. The molecule has 7 heteroatoms. The lowest BCUT2D eigenvalue weighted by Gasteiger charge is -2.41. The predicted octanol–water partition coefficient (Wildman–Crippen LogP) is 5.14. The van der Waals surface area contributed by atoms with Gasteiger partial charge in [0.25, 0.3) is 5.91 Å². The number of alkyl halides is 3. The summed E-state index contributed by atoms with van der Waals surface area (Å²) >= 11 is 1.46. The highest BCUT2D eigenvalue weighted by molar-refractivity contribution is 7.14. The van der Waals surface area contributed by atoms with Crippen molar-refractivity contribution in [3.05, 3.63) is 56.8 Å². The Morgan fingerprint density at radius 3 is 2.66 bits per heavy atom. The highest BCUT2D eigenvalue weighted by Gasteiger charge is 2.51. The van der Waals surface area contributed by atoms with Gasteiger partial charge in [-0.05, 0) is 68.4 Å². The van der Waals surface area contributed by atoms with Gasteiger partial charge in [-0.15, -0.1) is 11.3 Å². The van der Waals surface area contributed by atoms with Crippen molar-refractivity contribution in [1.29, 1.82) is 0 Å². The predicted molar refractivity (Wildman–Crippen MR) is 106 cm³/mol. The van der Waals surface area contributed by atoms with E-state index in [2.05, 4.69) is 0 Å². The number of aryl methyl sites for hydroxylation is 2. The molecule has 1 amide bonds. The van der Waals surface area contributed by atoms with Crippen LogP contribution in [-0.4, -0.2) is 29.0 Å². The van der Waals surface area contributed by atoms with Crippen LogP contribution in [-0.2, 0) is 11.8 Å². The fourth-order valence-corrected chi connectivity index (χ4v) is 5.85. The molecule has 156 valence electrons. The van der Waals surface area contributed by atoms with Gasteiger partial charge in [0.15, 0.2) is 0 Å². The van der Waals surface area contributed by atoms with E-state index in [1.54, 1.807) is 11.0 Å². The molecule has 3 atom stereocenters. The Balaban J connectivity index is 1.62. The van der Waals surface area contributed by atoms with E-state index in [1.807, 2.05) is 19.9 Å². The van der Waals surface area contributed by atoms with Gasteiger partial charge in [-0.3, -0.25) is 4.79 Å². The molecule has 2 aliphatic rings. The molecule has 1 saturated heterocycles. The summed E-state index contributed by atoms with van der Waals surface area (Å²) in [5, 5.41) is 11.5. The van der Waals surface area contributed by atoms with E-state index in [0.717, 1.165) is 35.4 Å². The van der Waals surface area contributed by atoms with Crippen LogP contribution in [0.15, 0.2) is 30.3 Å². The van der Waals surface area contributed by atoms with Crippen molar-refractivity contribution in [2.45, 2.75) is 44.9 Å². The maximum absolute atomic E-state index is 13.2. The number of rotatable bonds is 2. The van der Waals surface area contributed by atoms with Gasteiger partial charge in [0.1, 0.15) is 0 Å². The molecule has 1 aromatic heterocycles. The van der Waals surface area contributed by atoms with E-state index < -0.39 is 17.3 Å². The Kier molecular flexibility index (Phi) is 5.02. The maximum Gasteiger partial charge on any atom is 0.416 e. The summed E-state index contributed by atoms with van der Waals surface area (Å²) in [6.45, 7) is 4.86. The number of carbonyl (C=O) groups is 1. The summed E-state index contributed by atoms with van der Waals surface area (Å²) in [5.74, 6) is -0.216. The second-order valence-corrected chi connectivity index (χ2v) is 9.58. The zero-order valence-corrected chi connectivity index (χ0v) is 17.2. The number of carbonyl (C=O) groups excluding carboxylic acids is 1. The van der Waals surface area contributed by atoms with Crippen LogP contribution in [0.5, 0.6) is 0 Å². The number of thiophene rings is 1. The summed E-state index contributed by atoms with van der Waals surface area (Å²) in [6.07, 6.45) is -2.44. The standard InChI is InChI=1S/C22H24F3NO2S/c1-13-9-19(29-14(13)2)20(27)26-11-15-5-4-8-21(28,18(15)12-26)16-6-3-7-17(10-16)22(23,24)25/h3,6-7,9-10,15,18,28H,4-5,8,11-12H2,1-2H3/t15-,18+,21+/m0/s1. The van der Waals surface area contributed by atoms with E-state index >= 15 is 0 Å². The molecule has 0 bridgehead atoms. The lowest BCUT2D eigenvalue weighted by Crippen LogP contribution is -2.43. The molecule has 2 heterocycles. The number of fused-ring (bicyclic) bond motifs is 1. The topological polar surface area (TPSA) is 40.5 Å². The van der Waals surface area contributed by atoms with E-state index in [0.29, 0.717) is 30.0 Å². The van der Waals surface area contributed by atoms with E-state index in [-0.39, 0.29) is 17.7 Å². The second-order valence-electron chi connectivity index (χ2n) is 8.32. The van der Waals surface area contributed by atoms with Crippen molar-refractivity contribution in [3.63, 3.8) is 0 Å². The van der Waals surface area contributed by atoms with Gasteiger partial charge in [-0.2, -0.15) is 13.2 Å². The SMILES string of the molecule is Cc1cc(C(=O)N2C[C@@H]3CCC[C@@](O)(c4cccc(C(F)(F)F)c4)[C@@H]3C2)sc1C. The smallest absolute Gasteiger partial charge is 0.385 e. The molecule has 4 rings (SSSR count). The molecule has 0 spiro atoms. The van der Waals surface area contributed by atoms with Crippen molar-refractivity contribution in [1.82, 2.24) is 4.90 Å². The lowest BCUT2D eigenvalue weighted by molar-refractivity contribution is -0.138. The normalized spacial score (nSPS) is 27.2. The van der Waals surface area contributed by atoms with Gasteiger partial charge in [-0.25, -0.2) is 0 Å². The van der Waals surface area contributed by atoms with Crippen LogP contribution >= 0.6 is 11.3 Å². The Labute approximate surface area is 172 Å². The van der Waals surface area contributed by atoms with Crippen LogP contribution in [0.3, 0.4) is 0 Å². The summed E-state index contributed by atoms with van der Waals surface area (Å²) in [6, 6.07) is 6.92. The highest BCUT2D eigenvalue weighted by Crippen LogP contribution is 2.49. The van der Waals surface area contributed by atoms with Crippen LogP contribution in [0.4, 0.5) is 13.2 Å². The minimum atomic E-state index is -4.45. The van der Waals surface area contributed by atoms with Crippen molar-refractivity contribution in [2.24, 2.45) is 11.8 Å². The third kappa shape index (κ3) is 3.59. The largest absolute Gasteiger partial charge is 0.416 e. The van der Waals surface area contributed by atoms with Crippen molar-refractivity contribution >= 4 is 17.2 Å². The molecule has 1 aromatic carbocycles. The Morgan fingerprint density at radius 1 is 1.24 bits per heavy atom. The fraction of sp³-hybridized carbons (Fsp3) is 0.500. The maximum atomic E-state index is 13.2. The summed E-state index contributed by atoms with van der Waals surface area (Å²) < 4.78 is 39.6. The molecule has 1 aliphatic heterocycles. The Bertz CT molecular complexity index is 919. The van der Waals surface area contributed by atoms with Gasteiger partial charge in [0.05, 0.1) is 16.0 Å². The Morgan fingerprint density at radius 2 is 2.00 bits per heavy atom. The van der Waals surface area contributed by atoms with Crippen LogP contribution in [0.25, 0.3) is 0 Å². The molecule has 29 heavy (non-hydrogen) atoms. The quantitative estimate of drug-likeness (QED) is 0.726. The lowest BCUT2D eigenvalue weighted by atomic mass is 9.67. The van der Waals surface area contributed by atoms with Crippen LogP contribution < -0.4 is 0 Å². The average Bonchev–Trinajstić information content (AvgIpc) is 3.25. The molecule has 0 radical (unpaired) electrons. The number of amides is 1. The molecule has 0 unspecified atom stereocenters. The zero-order chi connectivity index (χ0) is 21.0. The summed E-state index contributed by atoms with van der Waals surface area (Å²) in [5.41, 5.74) is -0.712. The number of hydrogen-bond donors (Lipinski definition) is 1. The van der Waals surface area contributed by atoms with Gasteiger partial charge in [0, 0.05) is 23.9 Å². The molecule has 1 aliphatic carbocycles. The first-order valence-corrected chi connectivity index (χ1v) is 10.7. The van der Waals surface area contributed by atoms with Crippen LogP contribution in [0.1, 0.15) is 50.5 Å². The van der Waals surface area contributed by atoms with Gasteiger partial charge in [0.2, 0.25) is 0 Å². The average molecular weight is 424 g/mol. The number of nitrogens with zero attached hydrogens (tertiary/aromatic N) is 1. The van der Waals surface area contributed by atoms with Gasteiger partial charge in [-0.1, -0.05) is 12.1 Å². The van der Waals surface area contributed by atoms with E-state index in [1.165, 1.54) is 17.4 Å². The summed E-state index contributed by atoms with van der Waals surface area (Å²) in [7, 11) is 0. The fourth-order valence-electron chi connectivity index (χ4n) is 4.85. The molecule has 3 nitrogen and oxygen atoms in total. The molecular formula is C22H24F3NO2S. The molecule has 2 aromatic rings. The van der Waals surface area contributed by atoms with Crippen LogP contribution in [0, 0.1) is 25.7 Å². The minimum Gasteiger partial charge on any atom is -0.385 e. The first kappa shape index (κ1) is 20.4. The number of halogens is 3. The third-order valence-electron chi connectivity index (χ3n) is 6.54. The minimum absolute atomic E-state index is 0.0491. The van der Waals surface area contributed by atoms with E-state index in [9.17, 15) is 23.1 Å². The number of benzene rings is 1. The first-order valence-electron chi connectivity index (χ1n) is 9.86. The second kappa shape index (κ2) is 7.13. The molecule has 1 N–H and O–H groups in total. The zero-order valence-electron chi connectivity index (χ0n) is 16.4. The van der Waals surface area contributed by atoms with E-state index in [4.69, 9.17) is 0 Å². The van der Waals surface area contributed by atoms with Crippen LogP contribution in [0.2, 0.25) is 0 Å². The third-order valence-corrected chi connectivity index (χ3v) is 7.68. The van der Waals surface area contributed by atoms with Crippen molar-refractivity contribution in [2.75, 3.05) is 13.1 Å². The van der Waals surface area contributed by atoms with Gasteiger partial charge < -0.3 is 10.0 Å². The monoisotopic (exact) mass is 423 g/mol. The van der Waals surface area contributed by atoms with Gasteiger partial charge >= 0.3 is 6.18 Å². The molecular weight excluding hydrogens is 399 g/mol. The van der Waals surface area contributed by atoms with Crippen molar-refractivity contribution < 1.29 is 23.1 Å². The molecule has 2 fully saturated rings. The number of aliphatic hydroxyl groups is 1. The van der Waals surface area contributed by atoms with Crippen molar-refractivity contribution in [3.8, 4) is 0 Å². The first-order chi connectivity index (χ1) is 13.6. The number of hydrogen-bond acceptors (Lipinski definition) is 3. The highest BCUT2D eigenvalue weighted by atomic mass is 32.1. The Hall–Kier alpha value is -1.86.